The molecule has 44 heavy (non-hydrogen) atoms. The molecule has 1 fully saturated rings. The highest BCUT2D eigenvalue weighted by Crippen LogP contribution is 2.35. The Balaban J connectivity index is 1.42. The van der Waals surface area contributed by atoms with Crippen molar-refractivity contribution in [3.8, 4) is 11.8 Å². The Bertz CT molecular complexity index is 1740. The molecule has 5 rings (SSSR count). The topological polar surface area (TPSA) is 105 Å². The third kappa shape index (κ3) is 6.69. The average Bonchev–Trinajstić information content (AvgIpc) is 3.36. The lowest BCUT2D eigenvalue weighted by Gasteiger charge is -2.33. The van der Waals surface area contributed by atoms with Crippen molar-refractivity contribution in [1.29, 1.82) is 0 Å². The van der Waals surface area contributed by atoms with Gasteiger partial charge in [0.2, 0.25) is 0 Å². The highest BCUT2D eigenvalue weighted by atomic mass is 19.4. The predicted molar refractivity (Wildman–Crippen MR) is 164 cm³/mol. The van der Waals surface area contributed by atoms with E-state index < -0.39 is 17.6 Å². The highest BCUT2D eigenvalue weighted by Gasteiger charge is 2.34. The number of carbonyl (C=O) groups excluding carboxylic acids is 1. The molecule has 0 spiro atoms. The van der Waals surface area contributed by atoms with Crippen LogP contribution in [0.1, 0.15) is 65.0 Å². The van der Waals surface area contributed by atoms with E-state index in [0.29, 0.717) is 41.9 Å². The molecule has 2 aromatic carbocycles. The largest absolute Gasteiger partial charge is 0.416 e. The minimum absolute atomic E-state index is 0.0667. The van der Waals surface area contributed by atoms with Crippen LogP contribution in [0.5, 0.6) is 0 Å². The number of nitrogens with one attached hydrogen (secondary N) is 1. The number of anilines is 2. The van der Waals surface area contributed by atoms with Crippen molar-refractivity contribution in [2.75, 3.05) is 44.3 Å². The molecule has 12 heteroatoms. The number of aryl methyl sites for hydroxylation is 1. The van der Waals surface area contributed by atoms with Crippen LogP contribution >= 0.6 is 0 Å². The number of nitrogens with two attached hydrogens (primary N) is 1. The lowest BCUT2D eigenvalue weighted by Crippen LogP contribution is -2.44. The fourth-order valence-electron chi connectivity index (χ4n) is 5.28. The molecule has 3 N–H and O–H groups in total. The van der Waals surface area contributed by atoms with Gasteiger partial charge >= 0.3 is 6.18 Å². The number of amides is 1. The first-order valence-corrected chi connectivity index (χ1v) is 14.5. The summed E-state index contributed by atoms with van der Waals surface area (Å²) in [7, 11) is 2.00. The Morgan fingerprint density at radius 3 is 2.50 bits per heavy atom. The fraction of sp³-hybridized carbons (Fsp3) is 0.375. The number of alkyl halides is 3. The lowest BCUT2D eigenvalue weighted by molar-refractivity contribution is -0.138. The van der Waals surface area contributed by atoms with Gasteiger partial charge in [-0.25, -0.2) is 14.6 Å². The Morgan fingerprint density at radius 1 is 1.07 bits per heavy atom. The van der Waals surface area contributed by atoms with E-state index in [4.69, 9.17) is 5.73 Å². The maximum atomic E-state index is 14.1. The number of halogens is 3. The van der Waals surface area contributed by atoms with Gasteiger partial charge in [-0.3, -0.25) is 9.69 Å². The minimum atomic E-state index is -4.56. The molecular weight excluding hydrogens is 569 g/mol. The van der Waals surface area contributed by atoms with Crippen LogP contribution in [0.4, 0.5) is 24.7 Å². The maximum Gasteiger partial charge on any atom is 0.416 e. The van der Waals surface area contributed by atoms with Gasteiger partial charge in [0.25, 0.3) is 5.91 Å². The maximum absolute atomic E-state index is 14.1. The van der Waals surface area contributed by atoms with Crippen LogP contribution < -0.4 is 11.1 Å². The number of piperazine rings is 1. The van der Waals surface area contributed by atoms with E-state index in [-0.39, 0.29) is 35.1 Å². The first-order valence-electron chi connectivity index (χ1n) is 14.5. The molecule has 0 atom stereocenters. The van der Waals surface area contributed by atoms with Gasteiger partial charge in [0.05, 0.1) is 10.9 Å². The molecule has 4 aromatic rings. The predicted octanol–water partition coefficient (Wildman–Crippen LogP) is 4.97. The second kappa shape index (κ2) is 12.6. The third-order valence-corrected chi connectivity index (χ3v) is 7.77. The zero-order valence-corrected chi connectivity index (χ0v) is 25.2. The van der Waals surface area contributed by atoms with Gasteiger partial charge in [-0.15, -0.1) is 0 Å². The van der Waals surface area contributed by atoms with E-state index in [1.54, 1.807) is 16.8 Å². The lowest BCUT2D eigenvalue weighted by atomic mass is 9.95. The van der Waals surface area contributed by atoms with Gasteiger partial charge in [-0.05, 0) is 61.2 Å². The average molecular weight is 605 g/mol. The van der Waals surface area contributed by atoms with Crippen molar-refractivity contribution in [2.45, 2.75) is 46.0 Å². The molecule has 2 aromatic heterocycles. The molecule has 0 bridgehead atoms. The number of carbonyl (C=O) groups is 1. The van der Waals surface area contributed by atoms with Crippen molar-refractivity contribution >= 4 is 28.4 Å². The summed E-state index contributed by atoms with van der Waals surface area (Å²) in [6.45, 7) is 9.71. The van der Waals surface area contributed by atoms with Crippen LogP contribution in [0.3, 0.4) is 0 Å². The fourth-order valence-corrected chi connectivity index (χ4v) is 5.28. The number of fused-ring (bicyclic) bond motifs is 1. The number of nitrogens with zero attached hydrogens (tertiary/aromatic N) is 6. The smallest absolute Gasteiger partial charge is 0.383 e. The quantitative estimate of drug-likeness (QED) is 0.300. The molecule has 1 aliphatic heterocycles. The first-order chi connectivity index (χ1) is 20.9. The summed E-state index contributed by atoms with van der Waals surface area (Å²) >= 11 is 0. The van der Waals surface area contributed by atoms with Crippen LogP contribution in [0, 0.1) is 11.8 Å². The standard InChI is InChI=1S/C32H35F3N8O/c1-5-43-30-28(29(36)37-19-38-30)27(40-43)11-8-21-16-22(7-10-25(21)20(2)3)31(44)39-24-9-6-23(26(17-24)32(33,34)35)18-42-14-12-41(4)13-15-42/h6-7,9-10,16-17,19-20H,5,12-15,18H2,1-4H3,(H,39,44)(H2,36,37,38). The Kier molecular flexibility index (Phi) is 8.90. The Morgan fingerprint density at radius 2 is 1.82 bits per heavy atom. The molecule has 1 aliphatic rings. The van der Waals surface area contributed by atoms with E-state index in [2.05, 4.69) is 37.1 Å². The van der Waals surface area contributed by atoms with Gasteiger partial charge in [0, 0.05) is 56.1 Å². The summed E-state index contributed by atoms with van der Waals surface area (Å²) in [4.78, 5) is 25.8. The second-order valence-electron chi connectivity index (χ2n) is 11.2. The normalized spacial score (nSPS) is 14.5. The van der Waals surface area contributed by atoms with Gasteiger partial charge in [-0.1, -0.05) is 31.9 Å². The van der Waals surface area contributed by atoms with Gasteiger partial charge in [0.15, 0.2) is 5.65 Å². The number of benzene rings is 2. The monoisotopic (exact) mass is 604 g/mol. The Hall–Kier alpha value is -4.47. The third-order valence-electron chi connectivity index (χ3n) is 7.77. The van der Waals surface area contributed by atoms with Crippen LogP contribution in [0.25, 0.3) is 11.0 Å². The summed E-state index contributed by atoms with van der Waals surface area (Å²) in [5.41, 5.74) is 8.37. The summed E-state index contributed by atoms with van der Waals surface area (Å²) in [5.74, 6) is 6.02. The summed E-state index contributed by atoms with van der Waals surface area (Å²) in [5, 5.41) is 7.73. The summed E-state index contributed by atoms with van der Waals surface area (Å²) < 4.78 is 43.9. The molecule has 1 saturated heterocycles. The zero-order chi connectivity index (χ0) is 31.6. The highest BCUT2D eigenvalue weighted by molar-refractivity contribution is 6.04. The van der Waals surface area contributed by atoms with Crippen LogP contribution in [-0.2, 0) is 19.3 Å². The number of likely N-dealkylation sites (N-methyl/N-ethyl adjacent to an activating group) is 1. The number of hydrogen-bond acceptors (Lipinski definition) is 7. The molecule has 1 amide bonds. The van der Waals surface area contributed by atoms with Crippen molar-refractivity contribution in [3.05, 3.63) is 76.2 Å². The van der Waals surface area contributed by atoms with Gasteiger partial charge in [-0.2, -0.15) is 18.3 Å². The minimum Gasteiger partial charge on any atom is -0.383 e. The first kappa shape index (κ1) is 31.0. The molecule has 0 aliphatic carbocycles. The zero-order valence-electron chi connectivity index (χ0n) is 25.2. The molecule has 0 radical (unpaired) electrons. The molecule has 9 nitrogen and oxygen atoms in total. The van der Waals surface area contributed by atoms with E-state index in [9.17, 15) is 18.0 Å². The van der Waals surface area contributed by atoms with Crippen LogP contribution in [0.2, 0.25) is 0 Å². The van der Waals surface area contributed by atoms with E-state index in [1.807, 2.05) is 38.8 Å². The Labute approximate surface area is 254 Å². The molecule has 0 saturated carbocycles. The van der Waals surface area contributed by atoms with Crippen LogP contribution in [-0.4, -0.2) is 68.7 Å². The molecule has 0 unspecified atom stereocenters. The van der Waals surface area contributed by atoms with Crippen molar-refractivity contribution in [3.63, 3.8) is 0 Å². The van der Waals surface area contributed by atoms with Gasteiger partial charge < -0.3 is 16.0 Å². The van der Waals surface area contributed by atoms with Crippen molar-refractivity contribution in [1.82, 2.24) is 29.5 Å². The number of rotatable bonds is 6. The number of nitrogen functional groups attached to an aromatic ring is 1. The molecular formula is C32H35F3N8O. The summed E-state index contributed by atoms with van der Waals surface area (Å²) in [6, 6.07) is 9.07. The number of hydrogen-bond donors (Lipinski definition) is 2. The van der Waals surface area contributed by atoms with Crippen molar-refractivity contribution in [2.24, 2.45) is 0 Å². The van der Waals surface area contributed by atoms with Crippen molar-refractivity contribution < 1.29 is 18.0 Å². The van der Waals surface area contributed by atoms with Crippen LogP contribution in [0.15, 0.2) is 42.7 Å². The second-order valence-corrected chi connectivity index (χ2v) is 11.2. The van der Waals surface area contributed by atoms with E-state index in [0.717, 1.165) is 24.7 Å². The number of aromatic nitrogens is 4. The molecule has 230 valence electrons. The van der Waals surface area contributed by atoms with E-state index >= 15 is 0 Å². The van der Waals surface area contributed by atoms with Gasteiger partial charge in [0.1, 0.15) is 17.8 Å². The van der Waals surface area contributed by atoms with E-state index in [1.165, 1.54) is 18.5 Å². The molecule has 3 heterocycles. The SMILES string of the molecule is CCn1nc(C#Cc2cc(C(=O)Nc3ccc(CN4CCN(C)CC4)c(C(F)(F)F)c3)ccc2C(C)C)c2c(N)ncnc21. The summed E-state index contributed by atoms with van der Waals surface area (Å²) in [6.07, 6.45) is -3.19.